The maximum absolute atomic E-state index is 12.0. The van der Waals surface area contributed by atoms with E-state index in [4.69, 9.17) is 25.9 Å². The maximum atomic E-state index is 12.0. The molecule has 0 atom stereocenters. The third kappa shape index (κ3) is 5.49. The summed E-state index contributed by atoms with van der Waals surface area (Å²) in [6, 6.07) is 4.67. The Morgan fingerprint density at radius 2 is 1.93 bits per heavy atom. The first-order valence-electron chi connectivity index (χ1n) is 9.00. The Labute approximate surface area is 170 Å². The molecule has 2 aromatic rings. The van der Waals surface area contributed by atoms with Gasteiger partial charge < -0.3 is 24.6 Å². The Morgan fingerprint density at radius 1 is 1.25 bits per heavy atom. The molecule has 7 nitrogen and oxygen atoms in total. The highest BCUT2D eigenvalue weighted by Crippen LogP contribution is 2.36. The number of carbonyl (C=O) groups excluding carboxylic acids is 1. The van der Waals surface area contributed by atoms with Crippen molar-refractivity contribution in [3.8, 4) is 5.75 Å². The molecule has 1 aromatic carbocycles. The first-order valence-corrected chi connectivity index (χ1v) is 12.3. The minimum atomic E-state index is -1.83. The molecule has 0 spiro atoms. The summed E-state index contributed by atoms with van der Waals surface area (Å²) in [6.45, 7) is 11.5. The van der Waals surface area contributed by atoms with Crippen LogP contribution in [0, 0.1) is 0 Å². The molecule has 1 aromatic heterocycles. The number of carbonyl (C=O) groups is 2. The van der Waals surface area contributed by atoms with Crippen LogP contribution in [0.2, 0.25) is 23.2 Å². The molecule has 0 aliphatic carbocycles. The lowest BCUT2D eigenvalue weighted by molar-refractivity contribution is -0.123. The van der Waals surface area contributed by atoms with Gasteiger partial charge in [0.2, 0.25) is 0 Å². The summed E-state index contributed by atoms with van der Waals surface area (Å²) in [4.78, 5) is 25.8. The van der Waals surface area contributed by atoms with E-state index < -0.39 is 14.3 Å². The minimum Gasteiger partial charge on any atom is -0.482 e. The Morgan fingerprint density at radius 3 is 2.54 bits per heavy atom. The SMILES string of the molecule is CC(C)(C)[Si](C)(C)OCCNC(=O)COc1cc2[nH]c(C(=O)O)cc2cc1Cl. The minimum absolute atomic E-state index is 0.0580. The van der Waals surface area contributed by atoms with Gasteiger partial charge in [0.25, 0.3) is 5.91 Å². The molecule has 1 amide bonds. The third-order valence-corrected chi connectivity index (χ3v) is 9.79. The van der Waals surface area contributed by atoms with E-state index in [2.05, 4.69) is 44.2 Å². The number of aromatic carboxylic acids is 1. The molecule has 0 aliphatic rings. The Hall–Kier alpha value is -2.03. The number of ether oxygens (including phenoxy) is 1. The van der Waals surface area contributed by atoms with Crippen LogP contribution in [0.3, 0.4) is 0 Å². The Balaban J connectivity index is 1.85. The van der Waals surface area contributed by atoms with E-state index in [1.165, 1.54) is 6.07 Å². The average molecular weight is 427 g/mol. The molecule has 2 rings (SSSR count). The van der Waals surface area contributed by atoms with Gasteiger partial charge >= 0.3 is 5.97 Å². The van der Waals surface area contributed by atoms with Gasteiger partial charge in [-0.3, -0.25) is 4.79 Å². The van der Waals surface area contributed by atoms with Crippen LogP contribution in [0.25, 0.3) is 10.9 Å². The second kappa shape index (κ2) is 8.55. The highest BCUT2D eigenvalue weighted by molar-refractivity contribution is 6.74. The lowest BCUT2D eigenvalue weighted by atomic mass is 10.2. The van der Waals surface area contributed by atoms with Crippen LogP contribution < -0.4 is 10.1 Å². The van der Waals surface area contributed by atoms with E-state index in [0.29, 0.717) is 34.8 Å². The molecule has 0 radical (unpaired) electrons. The predicted octanol–water partition coefficient (Wildman–Crippen LogP) is 4.04. The van der Waals surface area contributed by atoms with Gasteiger partial charge in [0.1, 0.15) is 11.4 Å². The van der Waals surface area contributed by atoms with E-state index in [1.807, 2.05) is 0 Å². The van der Waals surface area contributed by atoms with Crippen LogP contribution >= 0.6 is 11.6 Å². The van der Waals surface area contributed by atoms with Crippen LogP contribution in [-0.2, 0) is 9.22 Å². The number of H-pyrrole nitrogens is 1. The quantitative estimate of drug-likeness (QED) is 0.437. The number of fused-ring (bicyclic) bond motifs is 1. The van der Waals surface area contributed by atoms with Crippen molar-refractivity contribution in [2.45, 2.75) is 38.9 Å². The molecule has 0 bridgehead atoms. The number of hydrogen-bond donors (Lipinski definition) is 3. The number of aromatic amines is 1. The molecule has 9 heteroatoms. The molecule has 3 N–H and O–H groups in total. The van der Waals surface area contributed by atoms with Gasteiger partial charge in [-0.25, -0.2) is 4.79 Å². The summed E-state index contributed by atoms with van der Waals surface area (Å²) < 4.78 is 11.5. The van der Waals surface area contributed by atoms with Gasteiger partial charge in [0.15, 0.2) is 14.9 Å². The van der Waals surface area contributed by atoms with E-state index in [1.54, 1.807) is 12.1 Å². The summed E-state index contributed by atoms with van der Waals surface area (Å²) in [6.07, 6.45) is 0. The number of carboxylic acids is 1. The number of benzene rings is 1. The number of amides is 1. The first kappa shape index (κ1) is 22.3. The van der Waals surface area contributed by atoms with Crippen LogP contribution in [-0.4, -0.2) is 50.0 Å². The lowest BCUT2D eigenvalue weighted by Crippen LogP contribution is -2.43. The zero-order valence-corrected chi connectivity index (χ0v) is 18.6. The zero-order chi connectivity index (χ0) is 21.1. The highest BCUT2D eigenvalue weighted by atomic mass is 35.5. The molecule has 0 saturated heterocycles. The molecule has 154 valence electrons. The number of carboxylic acid groups (broad SMARTS) is 1. The zero-order valence-electron chi connectivity index (χ0n) is 16.8. The lowest BCUT2D eigenvalue weighted by Gasteiger charge is -2.36. The van der Waals surface area contributed by atoms with Crippen molar-refractivity contribution in [2.75, 3.05) is 19.8 Å². The Bertz CT molecular complexity index is 873. The monoisotopic (exact) mass is 426 g/mol. The highest BCUT2D eigenvalue weighted by Gasteiger charge is 2.36. The van der Waals surface area contributed by atoms with E-state index in [9.17, 15) is 9.59 Å². The van der Waals surface area contributed by atoms with Crippen molar-refractivity contribution in [3.63, 3.8) is 0 Å². The normalized spacial score (nSPS) is 12.2. The standard InChI is InChI=1S/C19H27ClN2O5Si/c1-19(2,3)28(4,5)27-7-6-21-17(23)11-26-16-10-14-12(8-13(16)20)9-15(22-14)18(24)25/h8-10,22H,6-7,11H2,1-5H3,(H,21,23)(H,24,25). The topological polar surface area (TPSA) is 101 Å². The fraction of sp³-hybridized carbons (Fsp3) is 0.474. The van der Waals surface area contributed by atoms with Crippen molar-refractivity contribution in [3.05, 3.63) is 28.9 Å². The fourth-order valence-corrected chi connectivity index (χ4v) is 3.54. The Kier molecular flexibility index (Phi) is 6.79. The third-order valence-electron chi connectivity index (χ3n) is 4.96. The maximum Gasteiger partial charge on any atom is 0.352 e. The van der Waals surface area contributed by atoms with Crippen LogP contribution in [0.1, 0.15) is 31.3 Å². The fourth-order valence-electron chi connectivity index (χ4n) is 2.27. The predicted molar refractivity (Wildman–Crippen MR) is 112 cm³/mol. The van der Waals surface area contributed by atoms with Crippen LogP contribution in [0.15, 0.2) is 18.2 Å². The molecule has 0 fully saturated rings. The molecular weight excluding hydrogens is 400 g/mol. The number of rotatable bonds is 8. The van der Waals surface area contributed by atoms with Gasteiger partial charge in [-0.15, -0.1) is 0 Å². The van der Waals surface area contributed by atoms with Crippen LogP contribution in [0.5, 0.6) is 5.75 Å². The van der Waals surface area contributed by atoms with Crippen LogP contribution in [0.4, 0.5) is 0 Å². The van der Waals surface area contributed by atoms with Crippen molar-refractivity contribution in [1.29, 1.82) is 0 Å². The molecular formula is C19H27ClN2O5Si. The summed E-state index contributed by atoms with van der Waals surface area (Å²) in [5.74, 6) is -1.04. The molecule has 28 heavy (non-hydrogen) atoms. The number of aromatic nitrogens is 1. The largest absolute Gasteiger partial charge is 0.482 e. The van der Waals surface area contributed by atoms with Gasteiger partial charge in [-0.05, 0) is 30.3 Å². The summed E-state index contributed by atoms with van der Waals surface area (Å²) in [5.41, 5.74) is 0.627. The van der Waals surface area contributed by atoms with Gasteiger partial charge in [-0.2, -0.15) is 0 Å². The number of hydrogen-bond acceptors (Lipinski definition) is 4. The van der Waals surface area contributed by atoms with Crippen molar-refractivity contribution in [1.82, 2.24) is 10.3 Å². The summed E-state index contributed by atoms with van der Waals surface area (Å²) in [5, 5.41) is 12.9. The van der Waals surface area contributed by atoms with E-state index in [-0.39, 0.29) is 23.2 Å². The van der Waals surface area contributed by atoms with Gasteiger partial charge in [0, 0.05) is 23.5 Å². The smallest absolute Gasteiger partial charge is 0.352 e. The number of nitrogens with one attached hydrogen (secondary N) is 2. The number of halogens is 1. The second-order valence-electron chi connectivity index (χ2n) is 8.11. The summed E-state index contributed by atoms with van der Waals surface area (Å²) in [7, 11) is -1.83. The van der Waals surface area contributed by atoms with Crippen molar-refractivity contribution < 1.29 is 23.9 Å². The summed E-state index contributed by atoms with van der Waals surface area (Å²) >= 11 is 6.16. The molecule has 0 unspecified atom stereocenters. The molecule has 0 saturated carbocycles. The second-order valence-corrected chi connectivity index (χ2v) is 13.3. The van der Waals surface area contributed by atoms with Gasteiger partial charge in [0.05, 0.1) is 11.6 Å². The van der Waals surface area contributed by atoms with Crippen molar-refractivity contribution in [2.24, 2.45) is 0 Å². The molecule has 1 heterocycles. The first-order chi connectivity index (χ1) is 12.9. The van der Waals surface area contributed by atoms with E-state index in [0.717, 1.165) is 0 Å². The van der Waals surface area contributed by atoms with Crippen molar-refractivity contribution >= 4 is 42.7 Å². The van der Waals surface area contributed by atoms with E-state index >= 15 is 0 Å². The van der Waals surface area contributed by atoms with Gasteiger partial charge in [-0.1, -0.05) is 32.4 Å². The average Bonchev–Trinajstić information content (AvgIpc) is 2.98. The molecule has 0 aliphatic heterocycles.